The summed E-state index contributed by atoms with van der Waals surface area (Å²) in [4.78, 5) is 12.8. The van der Waals surface area contributed by atoms with Gasteiger partial charge in [0.15, 0.2) is 21.3 Å². The summed E-state index contributed by atoms with van der Waals surface area (Å²) in [5.41, 5.74) is 1.22. The number of nitrogens with one attached hydrogen (secondary N) is 1. The number of hydrogen-bond acceptors (Lipinski definition) is 6. The second kappa shape index (κ2) is 6.38. The first kappa shape index (κ1) is 17.8. The summed E-state index contributed by atoms with van der Waals surface area (Å²) >= 11 is 6.17. The van der Waals surface area contributed by atoms with Gasteiger partial charge in [-0.25, -0.2) is 13.1 Å². The maximum Gasteiger partial charge on any atom is 0.257 e. The van der Waals surface area contributed by atoms with E-state index in [4.69, 9.17) is 21.1 Å². The number of amides is 1. The molecule has 1 N–H and O–H groups in total. The van der Waals surface area contributed by atoms with E-state index < -0.39 is 9.84 Å². The number of nitrogens with zero attached hydrogens (tertiary/aromatic N) is 2. The van der Waals surface area contributed by atoms with E-state index in [-0.39, 0.29) is 30.2 Å². The zero-order chi connectivity index (χ0) is 19.5. The number of anilines is 1. The molecule has 0 bridgehead atoms. The third-order valence-electron chi connectivity index (χ3n) is 5.24. The molecule has 28 heavy (non-hydrogen) atoms. The number of rotatable bonds is 4. The Morgan fingerprint density at radius 1 is 1.21 bits per heavy atom. The number of fused-ring (bicyclic) bond motifs is 1. The molecular formula is C18H18ClN3O5S. The molecule has 1 saturated carbocycles. The van der Waals surface area contributed by atoms with Crippen LogP contribution in [0.15, 0.2) is 18.2 Å². The number of ether oxygens (including phenoxy) is 2. The van der Waals surface area contributed by atoms with Gasteiger partial charge in [0.2, 0.25) is 6.79 Å². The van der Waals surface area contributed by atoms with Crippen LogP contribution >= 0.6 is 11.6 Å². The number of halogens is 1. The maximum absolute atomic E-state index is 12.8. The largest absolute Gasteiger partial charge is 0.454 e. The molecule has 1 aliphatic carbocycles. The van der Waals surface area contributed by atoms with Crippen molar-refractivity contribution in [3.8, 4) is 11.5 Å². The van der Waals surface area contributed by atoms with Gasteiger partial charge < -0.3 is 14.8 Å². The average Bonchev–Trinajstić information content (AvgIpc) is 3.07. The minimum Gasteiger partial charge on any atom is -0.454 e. The molecule has 10 heteroatoms. The molecule has 1 atom stereocenters. The highest BCUT2D eigenvalue weighted by Crippen LogP contribution is 2.42. The highest BCUT2D eigenvalue weighted by atomic mass is 35.5. The van der Waals surface area contributed by atoms with E-state index in [2.05, 4.69) is 10.4 Å². The van der Waals surface area contributed by atoms with E-state index >= 15 is 0 Å². The molecule has 3 aliphatic rings. The fraction of sp³-hybridized carbons (Fsp3) is 0.444. The number of carbonyl (C=O) groups excluding carboxylic acids is 1. The van der Waals surface area contributed by atoms with Crippen molar-refractivity contribution >= 4 is 33.2 Å². The van der Waals surface area contributed by atoms with Gasteiger partial charge in [0, 0.05) is 17.5 Å². The van der Waals surface area contributed by atoms with Crippen molar-refractivity contribution in [2.24, 2.45) is 0 Å². The summed E-state index contributed by atoms with van der Waals surface area (Å²) in [6, 6.07) is 4.67. The van der Waals surface area contributed by atoms with Gasteiger partial charge in [-0.1, -0.05) is 11.6 Å². The van der Waals surface area contributed by atoms with Gasteiger partial charge in [0.1, 0.15) is 5.82 Å². The van der Waals surface area contributed by atoms with E-state index in [0.29, 0.717) is 40.2 Å². The molecule has 2 aliphatic heterocycles. The molecule has 2 fully saturated rings. The second-order valence-corrected chi connectivity index (χ2v) is 10.0. The van der Waals surface area contributed by atoms with Gasteiger partial charge in [0.05, 0.1) is 28.3 Å². The number of sulfone groups is 1. The number of carbonyl (C=O) groups is 1. The Balaban J connectivity index is 1.44. The fourth-order valence-electron chi connectivity index (χ4n) is 3.62. The lowest BCUT2D eigenvalue weighted by atomic mass is 10.2. The molecule has 1 amide bonds. The van der Waals surface area contributed by atoms with Gasteiger partial charge in [-0.3, -0.25) is 4.79 Å². The standard InChI is InChI=1S/C18H18ClN3O5S/c19-13-5-11(6-15-17(13)27-9-26-15)18(23)20-16-7-14(10-1-2-10)21-22(16)12-3-4-28(24,25)8-12/h5-7,10,12H,1-4,8-9H2,(H,20,23). The molecule has 2 aromatic rings. The molecule has 3 heterocycles. The lowest BCUT2D eigenvalue weighted by Crippen LogP contribution is -2.19. The van der Waals surface area contributed by atoms with Gasteiger partial charge in [-0.05, 0) is 31.4 Å². The van der Waals surface area contributed by atoms with Crippen molar-refractivity contribution in [1.82, 2.24) is 9.78 Å². The number of hydrogen-bond donors (Lipinski definition) is 1. The molecule has 5 rings (SSSR count). The number of benzene rings is 1. The van der Waals surface area contributed by atoms with Crippen LogP contribution in [0, 0.1) is 0 Å². The first-order chi connectivity index (χ1) is 13.4. The summed E-state index contributed by atoms with van der Waals surface area (Å²) < 4.78 is 36.0. The summed E-state index contributed by atoms with van der Waals surface area (Å²) in [6.45, 7) is 0.0633. The third kappa shape index (κ3) is 3.22. The Bertz CT molecular complexity index is 1080. The second-order valence-electron chi connectivity index (χ2n) is 7.38. The third-order valence-corrected chi connectivity index (χ3v) is 7.27. The first-order valence-corrected chi connectivity index (χ1v) is 11.3. The zero-order valence-corrected chi connectivity index (χ0v) is 16.4. The van der Waals surface area contributed by atoms with Crippen LogP contribution in [0.5, 0.6) is 11.5 Å². The molecule has 1 aromatic heterocycles. The van der Waals surface area contributed by atoms with E-state index in [1.54, 1.807) is 10.7 Å². The molecular weight excluding hydrogens is 406 g/mol. The maximum atomic E-state index is 12.8. The van der Waals surface area contributed by atoms with E-state index in [9.17, 15) is 13.2 Å². The SMILES string of the molecule is O=C(Nc1cc(C2CC2)nn1C1CCS(=O)(=O)C1)c1cc(Cl)c2c(c1)OCO2. The smallest absolute Gasteiger partial charge is 0.257 e. The molecule has 1 aromatic carbocycles. The van der Waals surface area contributed by atoms with Crippen molar-refractivity contribution in [3.05, 3.63) is 34.5 Å². The minimum atomic E-state index is -3.07. The normalized spacial score (nSPS) is 22.4. The Hall–Kier alpha value is -2.26. The minimum absolute atomic E-state index is 0.0392. The predicted molar refractivity (Wildman–Crippen MR) is 102 cm³/mol. The highest BCUT2D eigenvalue weighted by molar-refractivity contribution is 7.91. The Labute approximate surface area is 166 Å². The summed E-state index contributed by atoms with van der Waals surface area (Å²) in [5.74, 6) is 1.54. The van der Waals surface area contributed by atoms with E-state index in [0.717, 1.165) is 18.5 Å². The lowest BCUT2D eigenvalue weighted by molar-refractivity contribution is 0.102. The molecule has 1 saturated heterocycles. The van der Waals surface area contributed by atoms with Gasteiger partial charge in [-0.15, -0.1) is 0 Å². The Morgan fingerprint density at radius 2 is 2.04 bits per heavy atom. The summed E-state index contributed by atoms with van der Waals surface area (Å²) in [6.07, 6.45) is 2.61. The van der Waals surface area contributed by atoms with Crippen LogP contribution in [0.4, 0.5) is 5.82 Å². The van der Waals surface area contributed by atoms with Crippen LogP contribution in [-0.4, -0.2) is 42.4 Å². The van der Waals surface area contributed by atoms with Crippen molar-refractivity contribution in [2.45, 2.75) is 31.2 Å². The van der Waals surface area contributed by atoms with E-state index in [1.165, 1.54) is 6.07 Å². The quantitative estimate of drug-likeness (QED) is 0.811. The monoisotopic (exact) mass is 423 g/mol. The molecule has 1 unspecified atom stereocenters. The van der Waals surface area contributed by atoms with Crippen molar-refractivity contribution in [1.29, 1.82) is 0 Å². The molecule has 0 spiro atoms. The van der Waals surface area contributed by atoms with Crippen LogP contribution in [-0.2, 0) is 9.84 Å². The predicted octanol–water partition coefficient (Wildman–Crippen LogP) is 2.75. The fourth-order valence-corrected chi connectivity index (χ4v) is 5.58. The molecule has 8 nitrogen and oxygen atoms in total. The van der Waals surface area contributed by atoms with Crippen molar-refractivity contribution in [3.63, 3.8) is 0 Å². The Morgan fingerprint density at radius 3 is 2.75 bits per heavy atom. The van der Waals surface area contributed by atoms with Gasteiger partial charge in [-0.2, -0.15) is 5.10 Å². The van der Waals surface area contributed by atoms with Crippen molar-refractivity contribution in [2.75, 3.05) is 23.6 Å². The van der Waals surface area contributed by atoms with Gasteiger partial charge in [0.25, 0.3) is 5.91 Å². The van der Waals surface area contributed by atoms with Gasteiger partial charge >= 0.3 is 0 Å². The van der Waals surface area contributed by atoms with Crippen LogP contribution in [0.1, 0.15) is 47.3 Å². The van der Waals surface area contributed by atoms with Crippen LogP contribution < -0.4 is 14.8 Å². The first-order valence-electron chi connectivity index (χ1n) is 9.10. The molecule has 0 radical (unpaired) electrons. The summed E-state index contributed by atoms with van der Waals surface area (Å²) in [7, 11) is -3.07. The highest BCUT2D eigenvalue weighted by Gasteiger charge is 2.34. The van der Waals surface area contributed by atoms with Crippen LogP contribution in [0.3, 0.4) is 0 Å². The molecule has 148 valence electrons. The average molecular weight is 424 g/mol. The topological polar surface area (TPSA) is 99.5 Å². The van der Waals surface area contributed by atoms with Crippen LogP contribution in [0.25, 0.3) is 0 Å². The Kier molecular flexibility index (Phi) is 4.06. The van der Waals surface area contributed by atoms with Crippen molar-refractivity contribution < 1.29 is 22.7 Å². The lowest BCUT2D eigenvalue weighted by Gasteiger charge is -2.14. The van der Waals surface area contributed by atoms with Crippen LogP contribution in [0.2, 0.25) is 5.02 Å². The number of aromatic nitrogens is 2. The van der Waals surface area contributed by atoms with E-state index in [1.807, 2.05) is 6.07 Å². The zero-order valence-electron chi connectivity index (χ0n) is 14.9. The summed E-state index contributed by atoms with van der Waals surface area (Å²) in [5, 5.41) is 7.77.